The van der Waals surface area contributed by atoms with Crippen LogP contribution in [-0.4, -0.2) is 74.5 Å². The van der Waals surface area contributed by atoms with Crippen molar-refractivity contribution in [1.82, 2.24) is 9.80 Å². The predicted octanol–water partition coefficient (Wildman–Crippen LogP) is 1.68. The van der Waals surface area contributed by atoms with Crippen molar-refractivity contribution in [2.24, 2.45) is 0 Å². The lowest BCUT2D eigenvalue weighted by molar-refractivity contribution is -0.00839. The number of hydrogen-bond acceptors (Lipinski definition) is 6. The van der Waals surface area contributed by atoms with Gasteiger partial charge in [0.2, 0.25) is 0 Å². The molecule has 1 rings (SSSR count). The lowest BCUT2D eigenvalue weighted by atomic mass is 10.1. The molecule has 0 aromatic rings. The number of rotatable bonds is 5. The minimum absolute atomic E-state index is 0.185. The Morgan fingerprint density at radius 1 is 1.17 bits per heavy atom. The number of amides is 1. The summed E-state index contributed by atoms with van der Waals surface area (Å²) in [7, 11) is -3.38. The maximum Gasteiger partial charge on any atom is 0.410 e. The van der Waals surface area contributed by atoms with Crippen LogP contribution in [0.5, 0.6) is 0 Å². The zero-order valence-corrected chi connectivity index (χ0v) is 15.9. The highest BCUT2D eigenvalue weighted by atomic mass is 32.2. The molecule has 0 aromatic heterocycles. The van der Waals surface area contributed by atoms with Gasteiger partial charge < -0.3 is 9.64 Å². The number of carbonyl (C=O) groups excluding carboxylic acids is 1. The maximum atomic E-state index is 12.2. The van der Waals surface area contributed by atoms with Gasteiger partial charge in [0.1, 0.15) is 5.60 Å². The maximum absolute atomic E-state index is 12.2. The summed E-state index contributed by atoms with van der Waals surface area (Å²) < 4.78 is 32.1. The van der Waals surface area contributed by atoms with Gasteiger partial charge in [0.25, 0.3) is 10.1 Å². The highest BCUT2D eigenvalue weighted by molar-refractivity contribution is 7.85. The molecule has 2 atom stereocenters. The Labute approximate surface area is 140 Å². The first kappa shape index (κ1) is 20.2. The van der Waals surface area contributed by atoms with E-state index < -0.39 is 15.7 Å². The van der Waals surface area contributed by atoms with Crippen LogP contribution in [0.15, 0.2) is 0 Å². The molecular weight excluding hydrogens is 320 g/mol. The first-order valence-electron chi connectivity index (χ1n) is 7.97. The molecule has 1 heterocycles. The molecule has 0 aliphatic carbocycles. The molecule has 1 amide bonds. The van der Waals surface area contributed by atoms with Gasteiger partial charge in [0, 0.05) is 31.7 Å². The molecule has 0 aromatic carbocycles. The van der Waals surface area contributed by atoms with E-state index in [1.54, 1.807) is 4.90 Å². The second-order valence-electron chi connectivity index (χ2n) is 7.20. The van der Waals surface area contributed by atoms with Crippen LogP contribution in [0.2, 0.25) is 0 Å². The van der Waals surface area contributed by atoms with E-state index in [-0.39, 0.29) is 24.8 Å². The van der Waals surface area contributed by atoms with E-state index in [4.69, 9.17) is 8.92 Å². The molecule has 0 bridgehead atoms. The zero-order chi connectivity index (χ0) is 17.8. The number of piperazine rings is 1. The molecule has 1 saturated heterocycles. The average Bonchev–Trinajstić information content (AvgIpc) is 2.33. The third-order valence-corrected chi connectivity index (χ3v) is 4.21. The van der Waals surface area contributed by atoms with Crippen LogP contribution in [0, 0.1) is 0 Å². The molecule has 136 valence electrons. The monoisotopic (exact) mass is 350 g/mol. The van der Waals surface area contributed by atoms with Crippen LogP contribution in [0.4, 0.5) is 4.79 Å². The Bertz CT molecular complexity index is 488. The van der Waals surface area contributed by atoms with Crippen molar-refractivity contribution in [3.63, 3.8) is 0 Å². The molecule has 0 N–H and O–H groups in total. The van der Waals surface area contributed by atoms with Gasteiger partial charge in [-0.2, -0.15) is 8.42 Å². The van der Waals surface area contributed by atoms with E-state index in [1.165, 1.54) is 0 Å². The van der Waals surface area contributed by atoms with Gasteiger partial charge in [0.15, 0.2) is 0 Å². The van der Waals surface area contributed by atoms with Crippen molar-refractivity contribution in [2.45, 2.75) is 58.7 Å². The van der Waals surface area contributed by atoms with Crippen LogP contribution in [0.25, 0.3) is 0 Å². The first-order valence-corrected chi connectivity index (χ1v) is 9.79. The second kappa shape index (κ2) is 7.81. The molecular formula is C15H30N2O5S. The molecule has 1 aliphatic heterocycles. The quantitative estimate of drug-likeness (QED) is 0.555. The first-order chi connectivity index (χ1) is 10.4. The highest BCUT2D eigenvalue weighted by Gasteiger charge is 2.33. The van der Waals surface area contributed by atoms with Gasteiger partial charge in [-0.1, -0.05) is 0 Å². The fraction of sp³-hybridized carbons (Fsp3) is 0.933. The van der Waals surface area contributed by atoms with E-state index in [2.05, 4.69) is 18.7 Å². The van der Waals surface area contributed by atoms with E-state index in [9.17, 15) is 13.2 Å². The molecule has 0 unspecified atom stereocenters. The summed E-state index contributed by atoms with van der Waals surface area (Å²) >= 11 is 0. The van der Waals surface area contributed by atoms with Crippen molar-refractivity contribution < 1.29 is 22.1 Å². The van der Waals surface area contributed by atoms with Gasteiger partial charge >= 0.3 is 6.09 Å². The average molecular weight is 350 g/mol. The Kier molecular flexibility index (Phi) is 6.85. The Morgan fingerprint density at radius 3 is 2.13 bits per heavy atom. The van der Waals surface area contributed by atoms with Crippen LogP contribution < -0.4 is 0 Å². The Balaban J connectivity index is 2.48. The van der Waals surface area contributed by atoms with Gasteiger partial charge in [-0.05, 0) is 41.0 Å². The number of carbonyl (C=O) groups is 1. The smallest absolute Gasteiger partial charge is 0.410 e. The van der Waals surface area contributed by atoms with Crippen molar-refractivity contribution >= 4 is 16.2 Å². The highest BCUT2D eigenvalue weighted by Crippen LogP contribution is 2.19. The molecule has 0 saturated carbocycles. The topological polar surface area (TPSA) is 76.2 Å². The summed E-state index contributed by atoms with van der Waals surface area (Å²) in [6.07, 6.45) is 1.41. The molecule has 1 fully saturated rings. The summed E-state index contributed by atoms with van der Waals surface area (Å²) in [5.41, 5.74) is -0.496. The lowest BCUT2D eigenvalue weighted by Gasteiger charge is -2.44. The standard InChI is InChI=1S/C15H30N2O5S/c1-12-10-16(14(18)22-15(3,4)5)11-13(2)17(12)8-7-9-21-23(6,19)20/h12-13H,7-11H2,1-6H3/t12-,13+. The van der Waals surface area contributed by atoms with Gasteiger partial charge in [-0.15, -0.1) is 0 Å². The number of ether oxygens (including phenoxy) is 1. The minimum atomic E-state index is -3.38. The SMILES string of the molecule is C[C@@H]1CN(C(=O)OC(C)(C)C)C[C@H](C)N1CCCOS(C)(=O)=O. The van der Waals surface area contributed by atoms with E-state index in [0.717, 1.165) is 12.8 Å². The van der Waals surface area contributed by atoms with Crippen LogP contribution in [0.1, 0.15) is 41.0 Å². The van der Waals surface area contributed by atoms with Gasteiger partial charge in [-0.3, -0.25) is 9.08 Å². The largest absolute Gasteiger partial charge is 0.444 e. The fourth-order valence-electron chi connectivity index (χ4n) is 2.73. The fourth-order valence-corrected chi connectivity index (χ4v) is 3.15. The Morgan fingerprint density at radius 2 is 1.70 bits per heavy atom. The Hall–Kier alpha value is -0.860. The molecule has 1 aliphatic rings. The summed E-state index contributed by atoms with van der Waals surface area (Å²) in [5, 5.41) is 0. The molecule has 0 spiro atoms. The van der Waals surface area contributed by atoms with Crippen molar-refractivity contribution in [3.8, 4) is 0 Å². The van der Waals surface area contributed by atoms with Crippen LogP contribution in [0.3, 0.4) is 0 Å². The third kappa shape index (κ3) is 7.50. The molecule has 8 heteroatoms. The number of hydrogen-bond donors (Lipinski definition) is 0. The zero-order valence-electron chi connectivity index (χ0n) is 15.0. The third-order valence-electron chi connectivity index (χ3n) is 3.61. The van der Waals surface area contributed by atoms with Crippen molar-refractivity contribution in [1.29, 1.82) is 0 Å². The van der Waals surface area contributed by atoms with Crippen LogP contribution >= 0.6 is 0 Å². The summed E-state index contributed by atoms with van der Waals surface area (Å²) in [6.45, 7) is 11.8. The molecule has 23 heavy (non-hydrogen) atoms. The summed E-state index contributed by atoms with van der Waals surface area (Å²) in [5.74, 6) is 0. The second-order valence-corrected chi connectivity index (χ2v) is 8.84. The molecule has 0 radical (unpaired) electrons. The van der Waals surface area contributed by atoms with Crippen molar-refractivity contribution in [3.05, 3.63) is 0 Å². The summed E-state index contributed by atoms with van der Waals surface area (Å²) in [6, 6.07) is 0.369. The van der Waals surface area contributed by atoms with Gasteiger partial charge in [0.05, 0.1) is 12.9 Å². The van der Waals surface area contributed by atoms with E-state index >= 15 is 0 Å². The van der Waals surface area contributed by atoms with Crippen LogP contribution in [-0.2, 0) is 19.0 Å². The van der Waals surface area contributed by atoms with Gasteiger partial charge in [-0.25, -0.2) is 4.79 Å². The number of nitrogens with zero attached hydrogens (tertiary/aromatic N) is 2. The van der Waals surface area contributed by atoms with Crippen molar-refractivity contribution in [2.75, 3.05) is 32.5 Å². The van der Waals surface area contributed by atoms with E-state index in [0.29, 0.717) is 19.5 Å². The van der Waals surface area contributed by atoms with E-state index in [1.807, 2.05) is 20.8 Å². The summed E-state index contributed by atoms with van der Waals surface area (Å²) in [4.78, 5) is 16.2. The lowest BCUT2D eigenvalue weighted by Crippen LogP contribution is -2.58. The predicted molar refractivity (Wildman–Crippen MR) is 88.8 cm³/mol. The molecule has 7 nitrogen and oxygen atoms in total. The normalized spacial score (nSPS) is 23.8. The minimum Gasteiger partial charge on any atom is -0.444 e.